The summed E-state index contributed by atoms with van der Waals surface area (Å²) in [4.78, 5) is 10.5. The molecule has 1 atom stereocenters. The van der Waals surface area contributed by atoms with Gasteiger partial charge in [-0.3, -0.25) is 10.1 Å². The second-order valence-electron chi connectivity index (χ2n) is 4.06. The monoisotopic (exact) mass is 288 g/mol. The Bertz CT molecular complexity index is 415. The first-order valence-corrected chi connectivity index (χ1v) is 7.47. The zero-order valence-corrected chi connectivity index (χ0v) is 12.1. The maximum Gasteiger partial charge on any atom is 0.275 e. The van der Waals surface area contributed by atoms with Gasteiger partial charge >= 0.3 is 0 Å². The summed E-state index contributed by atoms with van der Waals surface area (Å²) in [5, 5.41) is 14.6. The summed E-state index contributed by atoms with van der Waals surface area (Å²) >= 11 is 7.80. The van der Waals surface area contributed by atoms with Gasteiger partial charge in [-0.05, 0) is 31.4 Å². The highest BCUT2D eigenvalue weighted by molar-refractivity contribution is 7.98. The fourth-order valence-corrected chi connectivity index (χ4v) is 2.39. The van der Waals surface area contributed by atoms with E-state index < -0.39 is 4.92 Å². The van der Waals surface area contributed by atoms with Crippen LogP contribution in [0.15, 0.2) is 18.2 Å². The molecule has 0 heterocycles. The van der Waals surface area contributed by atoms with Crippen LogP contribution in [0.1, 0.15) is 18.9 Å². The molecule has 0 spiro atoms. The van der Waals surface area contributed by atoms with E-state index >= 15 is 0 Å². The van der Waals surface area contributed by atoms with Crippen molar-refractivity contribution in [3.05, 3.63) is 38.9 Å². The van der Waals surface area contributed by atoms with E-state index in [9.17, 15) is 10.1 Å². The minimum atomic E-state index is -0.393. The lowest BCUT2D eigenvalue weighted by atomic mass is 10.1. The number of nitro benzene ring substituents is 1. The molecule has 0 aliphatic heterocycles. The van der Waals surface area contributed by atoms with Crippen molar-refractivity contribution >= 4 is 29.1 Å². The van der Waals surface area contributed by atoms with Gasteiger partial charge in [0.2, 0.25) is 0 Å². The van der Waals surface area contributed by atoms with Crippen LogP contribution in [-0.4, -0.2) is 23.0 Å². The van der Waals surface area contributed by atoms with Crippen molar-refractivity contribution in [2.75, 3.05) is 12.0 Å². The molecule has 0 aliphatic rings. The summed E-state index contributed by atoms with van der Waals surface area (Å²) in [6.45, 7) is 2.49. The summed E-state index contributed by atoms with van der Waals surface area (Å²) in [6.07, 6.45) is 3.09. The molecule has 6 heteroatoms. The summed E-state index contributed by atoms with van der Waals surface area (Å²) in [5.74, 6) is 1.07. The number of nitrogens with one attached hydrogen (secondary N) is 1. The van der Waals surface area contributed by atoms with E-state index in [-0.39, 0.29) is 5.69 Å². The standard InChI is InChI=1S/C12H17ClN2O2S/c1-9(6-7-18-2)14-8-10-11(13)4-3-5-12(10)15(16)17/h3-5,9,14H,6-8H2,1-2H3. The van der Waals surface area contributed by atoms with E-state index in [2.05, 4.69) is 18.5 Å². The predicted molar refractivity (Wildman–Crippen MR) is 77.4 cm³/mol. The zero-order chi connectivity index (χ0) is 13.5. The highest BCUT2D eigenvalue weighted by atomic mass is 35.5. The van der Waals surface area contributed by atoms with E-state index in [1.807, 2.05) is 0 Å². The van der Waals surface area contributed by atoms with Crippen LogP contribution in [0.4, 0.5) is 5.69 Å². The molecule has 0 fully saturated rings. The molecule has 0 aliphatic carbocycles. The maximum absolute atomic E-state index is 10.9. The van der Waals surface area contributed by atoms with E-state index in [0.717, 1.165) is 12.2 Å². The molecule has 0 saturated heterocycles. The fourth-order valence-electron chi connectivity index (χ4n) is 1.57. The highest BCUT2D eigenvalue weighted by Gasteiger charge is 2.16. The number of hydrogen-bond donors (Lipinski definition) is 1. The SMILES string of the molecule is CSCCC(C)NCc1c(Cl)cccc1[N+](=O)[O-]. The summed E-state index contributed by atoms with van der Waals surface area (Å²) in [7, 11) is 0. The number of nitro groups is 1. The molecule has 0 radical (unpaired) electrons. The first kappa shape index (κ1) is 15.3. The zero-order valence-electron chi connectivity index (χ0n) is 10.5. The molecule has 1 unspecified atom stereocenters. The Balaban J connectivity index is 2.69. The third-order valence-corrected chi connectivity index (χ3v) is 3.67. The lowest BCUT2D eigenvalue weighted by Crippen LogP contribution is -2.26. The topological polar surface area (TPSA) is 55.2 Å². The molecule has 1 aromatic rings. The van der Waals surface area contributed by atoms with Gasteiger partial charge in [0.1, 0.15) is 0 Å². The maximum atomic E-state index is 10.9. The Labute approximate surface area is 116 Å². The molecular weight excluding hydrogens is 272 g/mol. The largest absolute Gasteiger partial charge is 0.310 e. The Morgan fingerprint density at radius 2 is 2.28 bits per heavy atom. The van der Waals surface area contributed by atoms with Gasteiger partial charge in [-0.25, -0.2) is 0 Å². The van der Waals surface area contributed by atoms with Crippen LogP contribution in [0.3, 0.4) is 0 Å². The number of hydrogen-bond acceptors (Lipinski definition) is 4. The minimum Gasteiger partial charge on any atom is -0.310 e. The Kier molecular flexibility index (Phi) is 6.46. The van der Waals surface area contributed by atoms with Crippen molar-refractivity contribution in [2.24, 2.45) is 0 Å². The highest BCUT2D eigenvalue weighted by Crippen LogP contribution is 2.26. The number of nitrogens with zero attached hydrogens (tertiary/aromatic N) is 1. The van der Waals surface area contributed by atoms with Crippen molar-refractivity contribution in [1.82, 2.24) is 5.32 Å². The number of thioether (sulfide) groups is 1. The van der Waals surface area contributed by atoms with Crippen LogP contribution in [-0.2, 0) is 6.54 Å². The Morgan fingerprint density at radius 1 is 1.56 bits per heavy atom. The van der Waals surface area contributed by atoms with Gasteiger partial charge in [0, 0.05) is 18.7 Å². The molecule has 0 amide bonds. The van der Waals surface area contributed by atoms with Crippen LogP contribution in [0.2, 0.25) is 5.02 Å². The molecular formula is C12H17ClN2O2S. The normalized spacial score (nSPS) is 12.4. The van der Waals surface area contributed by atoms with E-state index in [4.69, 9.17) is 11.6 Å². The lowest BCUT2D eigenvalue weighted by Gasteiger charge is -2.13. The average Bonchev–Trinajstić information content (AvgIpc) is 2.34. The lowest BCUT2D eigenvalue weighted by molar-refractivity contribution is -0.385. The molecule has 100 valence electrons. The van der Waals surface area contributed by atoms with Crippen molar-refractivity contribution < 1.29 is 4.92 Å². The van der Waals surface area contributed by atoms with Crippen LogP contribution in [0, 0.1) is 10.1 Å². The first-order chi connectivity index (χ1) is 8.56. The molecule has 0 saturated carbocycles. The van der Waals surface area contributed by atoms with Crippen molar-refractivity contribution in [1.29, 1.82) is 0 Å². The van der Waals surface area contributed by atoms with Crippen molar-refractivity contribution in [3.63, 3.8) is 0 Å². The molecule has 0 aromatic heterocycles. The number of benzene rings is 1. The van der Waals surface area contributed by atoms with Gasteiger partial charge in [0.25, 0.3) is 5.69 Å². The number of halogens is 1. The van der Waals surface area contributed by atoms with E-state index in [0.29, 0.717) is 23.2 Å². The van der Waals surface area contributed by atoms with Crippen molar-refractivity contribution in [2.45, 2.75) is 25.9 Å². The van der Waals surface area contributed by atoms with Gasteiger partial charge in [-0.2, -0.15) is 11.8 Å². The van der Waals surface area contributed by atoms with Crippen LogP contribution >= 0.6 is 23.4 Å². The molecule has 1 aromatic carbocycles. The molecule has 4 nitrogen and oxygen atoms in total. The van der Waals surface area contributed by atoms with Crippen LogP contribution in [0.5, 0.6) is 0 Å². The van der Waals surface area contributed by atoms with Crippen molar-refractivity contribution in [3.8, 4) is 0 Å². The summed E-state index contributed by atoms with van der Waals surface area (Å²) in [5.41, 5.74) is 0.632. The predicted octanol–water partition coefficient (Wildman–Crippen LogP) is 3.48. The third-order valence-electron chi connectivity index (χ3n) is 2.67. The Hall–Kier alpha value is -0.780. The van der Waals surface area contributed by atoms with E-state index in [1.54, 1.807) is 23.9 Å². The minimum absolute atomic E-state index is 0.0760. The molecule has 1 N–H and O–H groups in total. The molecule has 18 heavy (non-hydrogen) atoms. The van der Waals surface area contributed by atoms with Gasteiger partial charge in [0.05, 0.1) is 15.5 Å². The summed E-state index contributed by atoms with van der Waals surface area (Å²) in [6, 6.07) is 5.07. The van der Waals surface area contributed by atoms with Crippen LogP contribution in [0.25, 0.3) is 0 Å². The second-order valence-corrected chi connectivity index (χ2v) is 5.45. The van der Waals surface area contributed by atoms with Crippen LogP contribution < -0.4 is 5.32 Å². The smallest absolute Gasteiger partial charge is 0.275 e. The first-order valence-electron chi connectivity index (χ1n) is 5.70. The van der Waals surface area contributed by atoms with Gasteiger partial charge in [-0.1, -0.05) is 17.7 Å². The average molecular weight is 289 g/mol. The van der Waals surface area contributed by atoms with Gasteiger partial charge < -0.3 is 5.32 Å². The second kappa shape index (κ2) is 7.61. The van der Waals surface area contributed by atoms with Gasteiger partial charge in [0.15, 0.2) is 0 Å². The quantitative estimate of drug-likeness (QED) is 0.616. The van der Waals surface area contributed by atoms with Gasteiger partial charge in [-0.15, -0.1) is 0 Å². The van der Waals surface area contributed by atoms with E-state index in [1.165, 1.54) is 6.07 Å². The summed E-state index contributed by atoms with van der Waals surface area (Å²) < 4.78 is 0. The number of rotatable bonds is 7. The third kappa shape index (κ3) is 4.48. The molecule has 0 bridgehead atoms. The molecule has 1 rings (SSSR count). The Morgan fingerprint density at radius 3 is 2.89 bits per heavy atom. The fraction of sp³-hybridized carbons (Fsp3) is 0.500.